The van der Waals surface area contributed by atoms with Crippen LogP contribution in [0.4, 0.5) is 4.79 Å². The predicted octanol–water partition coefficient (Wildman–Crippen LogP) is 6.90. The summed E-state index contributed by atoms with van der Waals surface area (Å²) < 4.78 is 12.0. The average Bonchev–Trinajstić information content (AvgIpc) is 3.12. The van der Waals surface area contributed by atoms with Gasteiger partial charge in [0.1, 0.15) is 18.1 Å². The zero-order valence-electron chi connectivity index (χ0n) is 19.6. The van der Waals surface area contributed by atoms with Crippen molar-refractivity contribution in [2.45, 2.75) is 20.0 Å². The fourth-order valence-corrected chi connectivity index (χ4v) is 5.02. The highest BCUT2D eigenvalue weighted by atomic mass is 32.2. The molecule has 4 aromatic carbocycles. The fraction of sp³-hybridized carbons (Fsp3) is 0.172. The van der Waals surface area contributed by atoms with E-state index in [-0.39, 0.29) is 30.4 Å². The van der Waals surface area contributed by atoms with Crippen LogP contribution in [0.2, 0.25) is 0 Å². The number of ether oxygens (including phenoxy) is 2. The minimum atomic E-state index is -0.315. The summed E-state index contributed by atoms with van der Waals surface area (Å²) in [5.41, 5.74) is 0.800. The molecule has 0 aromatic heterocycles. The summed E-state index contributed by atoms with van der Waals surface area (Å²) in [7, 11) is 0. The van der Waals surface area contributed by atoms with Gasteiger partial charge in [-0.2, -0.15) is 0 Å². The van der Waals surface area contributed by atoms with Crippen molar-refractivity contribution >= 4 is 50.5 Å². The SMILES string of the molecule is CC(C)Oc1ccc2ccccc2c1/C=C1\SC(=O)N(CCOc2cccc3ccccc23)C1=O. The van der Waals surface area contributed by atoms with Crippen LogP contribution in [-0.4, -0.2) is 35.3 Å². The van der Waals surface area contributed by atoms with Gasteiger partial charge in [-0.1, -0.05) is 66.7 Å². The molecule has 176 valence electrons. The Bertz CT molecular complexity index is 1450. The first-order valence-electron chi connectivity index (χ1n) is 11.6. The molecule has 0 spiro atoms. The molecule has 0 aliphatic carbocycles. The number of amides is 2. The van der Waals surface area contributed by atoms with Gasteiger partial charge in [0.2, 0.25) is 0 Å². The van der Waals surface area contributed by atoms with Crippen molar-refractivity contribution in [2.75, 3.05) is 13.2 Å². The first-order valence-corrected chi connectivity index (χ1v) is 12.4. The van der Waals surface area contributed by atoms with Gasteiger partial charge in [0.25, 0.3) is 11.1 Å². The van der Waals surface area contributed by atoms with E-state index >= 15 is 0 Å². The maximum Gasteiger partial charge on any atom is 0.293 e. The molecule has 2 amide bonds. The lowest BCUT2D eigenvalue weighted by Gasteiger charge is -2.15. The molecule has 6 heteroatoms. The van der Waals surface area contributed by atoms with Gasteiger partial charge in [0, 0.05) is 10.9 Å². The van der Waals surface area contributed by atoms with Gasteiger partial charge in [-0.05, 0) is 60.0 Å². The minimum absolute atomic E-state index is 0.0235. The Kier molecular flexibility index (Phi) is 6.47. The summed E-state index contributed by atoms with van der Waals surface area (Å²) in [6.45, 7) is 4.32. The van der Waals surface area contributed by atoms with Gasteiger partial charge >= 0.3 is 0 Å². The molecular formula is C29H25NO4S. The second kappa shape index (κ2) is 9.84. The molecule has 1 aliphatic rings. The van der Waals surface area contributed by atoms with Crippen LogP contribution in [0.5, 0.6) is 11.5 Å². The number of hydrogen-bond acceptors (Lipinski definition) is 5. The van der Waals surface area contributed by atoms with Crippen LogP contribution >= 0.6 is 11.8 Å². The molecule has 4 aromatic rings. The Hall–Kier alpha value is -3.77. The second-order valence-corrected chi connectivity index (χ2v) is 9.52. The van der Waals surface area contributed by atoms with Crippen LogP contribution in [-0.2, 0) is 4.79 Å². The van der Waals surface area contributed by atoms with Crippen molar-refractivity contribution in [1.82, 2.24) is 4.90 Å². The van der Waals surface area contributed by atoms with Crippen LogP contribution in [0.3, 0.4) is 0 Å². The largest absolute Gasteiger partial charge is 0.491 e. The molecule has 35 heavy (non-hydrogen) atoms. The monoisotopic (exact) mass is 483 g/mol. The number of carbonyl (C=O) groups is 2. The van der Waals surface area contributed by atoms with Gasteiger partial charge in [0.15, 0.2) is 0 Å². The fourth-order valence-electron chi connectivity index (χ4n) is 4.17. The van der Waals surface area contributed by atoms with Crippen molar-refractivity contribution in [3.8, 4) is 11.5 Å². The molecule has 1 saturated heterocycles. The van der Waals surface area contributed by atoms with Crippen molar-refractivity contribution in [2.24, 2.45) is 0 Å². The van der Waals surface area contributed by atoms with Crippen LogP contribution in [0, 0.1) is 0 Å². The molecule has 0 bridgehead atoms. The molecule has 1 heterocycles. The Balaban J connectivity index is 1.37. The van der Waals surface area contributed by atoms with E-state index in [9.17, 15) is 9.59 Å². The zero-order valence-corrected chi connectivity index (χ0v) is 20.4. The summed E-state index contributed by atoms with van der Waals surface area (Å²) in [5.74, 6) is 1.10. The highest BCUT2D eigenvalue weighted by Crippen LogP contribution is 2.37. The average molecular weight is 484 g/mol. The molecule has 0 radical (unpaired) electrons. The molecule has 0 unspecified atom stereocenters. The minimum Gasteiger partial charge on any atom is -0.491 e. The lowest BCUT2D eigenvalue weighted by Crippen LogP contribution is -2.32. The number of carbonyl (C=O) groups excluding carboxylic acids is 2. The maximum atomic E-state index is 13.2. The van der Waals surface area contributed by atoms with Crippen molar-refractivity contribution in [1.29, 1.82) is 0 Å². The molecule has 5 rings (SSSR count). The standard InChI is InChI=1S/C29H25NO4S/c1-19(2)34-26-15-14-21-9-3-5-11-22(21)24(26)18-27-28(31)30(29(32)35-27)16-17-33-25-13-7-10-20-8-4-6-12-23(20)25/h3-15,18-19H,16-17H2,1-2H3/b27-18-. The summed E-state index contributed by atoms with van der Waals surface area (Å²) in [5, 5.41) is 3.79. The lowest BCUT2D eigenvalue weighted by atomic mass is 10.0. The van der Waals surface area contributed by atoms with E-state index in [1.165, 1.54) is 4.90 Å². The van der Waals surface area contributed by atoms with E-state index in [1.807, 2.05) is 92.7 Å². The molecule has 0 N–H and O–H groups in total. The molecule has 5 nitrogen and oxygen atoms in total. The Labute approximate surface area is 208 Å². The maximum absolute atomic E-state index is 13.2. The third-order valence-electron chi connectivity index (χ3n) is 5.76. The number of nitrogens with zero attached hydrogens (tertiary/aromatic N) is 1. The zero-order chi connectivity index (χ0) is 24.4. The van der Waals surface area contributed by atoms with Crippen molar-refractivity contribution in [3.63, 3.8) is 0 Å². The van der Waals surface area contributed by atoms with Crippen LogP contribution in [0.15, 0.2) is 83.8 Å². The van der Waals surface area contributed by atoms with Gasteiger partial charge < -0.3 is 9.47 Å². The first-order chi connectivity index (χ1) is 17.0. The van der Waals surface area contributed by atoms with E-state index in [2.05, 4.69) is 0 Å². The summed E-state index contributed by atoms with van der Waals surface area (Å²) in [4.78, 5) is 27.5. The normalized spacial score (nSPS) is 15.1. The van der Waals surface area contributed by atoms with Crippen molar-refractivity contribution < 1.29 is 19.1 Å². The number of rotatable bonds is 7. The Morgan fingerprint density at radius 2 is 1.51 bits per heavy atom. The lowest BCUT2D eigenvalue weighted by molar-refractivity contribution is -0.123. The molecule has 0 atom stereocenters. The summed E-state index contributed by atoms with van der Waals surface area (Å²) in [6, 6.07) is 25.7. The highest BCUT2D eigenvalue weighted by Gasteiger charge is 2.35. The van der Waals surface area contributed by atoms with Crippen molar-refractivity contribution in [3.05, 3.63) is 89.3 Å². The van der Waals surface area contributed by atoms with Gasteiger partial charge in [0.05, 0.1) is 17.6 Å². The molecule has 1 aliphatic heterocycles. The smallest absolute Gasteiger partial charge is 0.293 e. The molecule has 0 saturated carbocycles. The van der Waals surface area contributed by atoms with Crippen LogP contribution < -0.4 is 9.47 Å². The van der Waals surface area contributed by atoms with E-state index in [1.54, 1.807) is 6.08 Å². The van der Waals surface area contributed by atoms with E-state index in [0.717, 1.165) is 44.6 Å². The number of hydrogen-bond donors (Lipinski definition) is 0. The van der Waals surface area contributed by atoms with E-state index < -0.39 is 0 Å². The Morgan fingerprint density at radius 3 is 2.29 bits per heavy atom. The number of benzene rings is 4. The number of thioether (sulfide) groups is 1. The predicted molar refractivity (Wildman–Crippen MR) is 142 cm³/mol. The molecule has 1 fully saturated rings. The van der Waals surface area contributed by atoms with Crippen LogP contribution in [0.25, 0.3) is 27.6 Å². The molecular weight excluding hydrogens is 458 g/mol. The first kappa shape index (κ1) is 23.0. The quantitative estimate of drug-likeness (QED) is 0.268. The third-order valence-corrected chi connectivity index (χ3v) is 6.67. The topological polar surface area (TPSA) is 55.8 Å². The number of fused-ring (bicyclic) bond motifs is 2. The van der Waals surface area contributed by atoms with E-state index in [0.29, 0.717) is 10.7 Å². The van der Waals surface area contributed by atoms with Gasteiger partial charge in [-0.25, -0.2) is 0 Å². The third kappa shape index (κ3) is 4.75. The van der Waals surface area contributed by atoms with Crippen LogP contribution in [0.1, 0.15) is 19.4 Å². The van der Waals surface area contributed by atoms with Gasteiger partial charge in [-0.15, -0.1) is 0 Å². The highest BCUT2D eigenvalue weighted by molar-refractivity contribution is 8.18. The second-order valence-electron chi connectivity index (χ2n) is 8.52. The number of imide groups is 1. The summed E-state index contributed by atoms with van der Waals surface area (Å²) >= 11 is 0.949. The van der Waals surface area contributed by atoms with E-state index in [4.69, 9.17) is 9.47 Å². The Morgan fingerprint density at radius 1 is 0.829 bits per heavy atom. The van der Waals surface area contributed by atoms with Gasteiger partial charge in [-0.3, -0.25) is 14.5 Å². The summed E-state index contributed by atoms with van der Waals surface area (Å²) in [6.07, 6.45) is 1.75.